The van der Waals surface area contributed by atoms with Gasteiger partial charge in [0.1, 0.15) is 5.52 Å². The lowest BCUT2D eigenvalue weighted by Crippen LogP contribution is -2.38. The minimum Gasteiger partial charge on any atom is -0.481 e. The first-order chi connectivity index (χ1) is 13.2. The van der Waals surface area contributed by atoms with Crippen molar-refractivity contribution in [1.29, 1.82) is 0 Å². The van der Waals surface area contributed by atoms with Gasteiger partial charge in [-0.25, -0.2) is 4.57 Å². The van der Waals surface area contributed by atoms with E-state index in [9.17, 15) is 4.79 Å². The number of unbranched alkanes of at least 4 members (excludes halogenated alkanes) is 5. The van der Waals surface area contributed by atoms with Crippen molar-refractivity contribution in [3.8, 4) is 0 Å². The fourth-order valence-corrected chi connectivity index (χ4v) is 3.97. The number of aliphatic carboxylic acids is 1. The van der Waals surface area contributed by atoms with Crippen LogP contribution in [0.5, 0.6) is 0 Å². The van der Waals surface area contributed by atoms with Gasteiger partial charge in [0, 0.05) is 41.6 Å². The number of nitrogens with one attached hydrogen (secondary N) is 1. The summed E-state index contributed by atoms with van der Waals surface area (Å²) in [6, 6.07) is 11.2. The molecule has 0 saturated carbocycles. The van der Waals surface area contributed by atoms with Gasteiger partial charge in [-0.1, -0.05) is 50.8 Å². The third kappa shape index (κ3) is 5.09. The van der Waals surface area contributed by atoms with Gasteiger partial charge in [-0.3, -0.25) is 4.79 Å². The lowest BCUT2D eigenvalue weighted by molar-refractivity contribution is -0.723. The second-order valence-electron chi connectivity index (χ2n) is 7.51. The molecule has 0 aliphatic rings. The summed E-state index contributed by atoms with van der Waals surface area (Å²) < 4.78 is 2.37. The number of aromatic amines is 1. The third-order valence-corrected chi connectivity index (χ3v) is 5.54. The molecule has 0 bridgehead atoms. The van der Waals surface area contributed by atoms with Gasteiger partial charge in [0.15, 0.2) is 18.4 Å². The van der Waals surface area contributed by atoms with Crippen LogP contribution in [0.1, 0.15) is 70.8 Å². The Bertz CT molecular complexity index is 884. The second-order valence-corrected chi connectivity index (χ2v) is 7.51. The summed E-state index contributed by atoms with van der Waals surface area (Å²) in [5, 5.41) is 11.2. The first-order valence-electron chi connectivity index (χ1n) is 10.3. The predicted molar refractivity (Wildman–Crippen MR) is 110 cm³/mol. The van der Waals surface area contributed by atoms with E-state index in [0.29, 0.717) is 12.5 Å². The van der Waals surface area contributed by atoms with E-state index in [0.717, 1.165) is 25.7 Å². The van der Waals surface area contributed by atoms with Crippen molar-refractivity contribution in [2.45, 2.75) is 70.8 Å². The highest BCUT2D eigenvalue weighted by atomic mass is 16.4. The summed E-state index contributed by atoms with van der Waals surface area (Å²) in [4.78, 5) is 14.0. The molecule has 2 heterocycles. The van der Waals surface area contributed by atoms with E-state index in [-0.39, 0.29) is 0 Å². The first kappa shape index (κ1) is 19.4. The van der Waals surface area contributed by atoms with Crippen molar-refractivity contribution in [2.24, 2.45) is 0 Å². The number of H-pyrrole nitrogens is 1. The van der Waals surface area contributed by atoms with Crippen LogP contribution in [-0.2, 0) is 4.79 Å². The number of fused-ring (bicyclic) bond motifs is 3. The Labute approximate surface area is 161 Å². The largest absolute Gasteiger partial charge is 0.481 e. The normalized spacial score (nSPS) is 12.6. The number of hydrogen-bond donors (Lipinski definition) is 2. The van der Waals surface area contributed by atoms with Gasteiger partial charge in [0.25, 0.3) is 0 Å². The van der Waals surface area contributed by atoms with Crippen LogP contribution in [0.3, 0.4) is 0 Å². The number of aromatic nitrogens is 2. The van der Waals surface area contributed by atoms with Gasteiger partial charge in [-0.2, -0.15) is 0 Å². The van der Waals surface area contributed by atoms with Crippen molar-refractivity contribution in [1.82, 2.24) is 4.98 Å². The molecule has 4 heteroatoms. The summed E-state index contributed by atoms with van der Waals surface area (Å²) in [7, 11) is 0. The highest BCUT2D eigenvalue weighted by Crippen LogP contribution is 2.24. The highest BCUT2D eigenvalue weighted by molar-refractivity contribution is 6.06. The summed E-state index contributed by atoms with van der Waals surface area (Å²) in [5.41, 5.74) is 2.40. The molecule has 0 aliphatic heterocycles. The van der Waals surface area contributed by atoms with Crippen molar-refractivity contribution < 1.29 is 14.5 Å². The van der Waals surface area contributed by atoms with Gasteiger partial charge < -0.3 is 10.1 Å². The molecule has 4 nitrogen and oxygen atoms in total. The molecule has 0 aliphatic carbocycles. The predicted octanol–water partition coefficient (Wildman–Crippen LogP) is 5.77. The Balaban J connectivity index is 1.51. The minimum absolute atomic E-state index is 0.310. The van der Waals surface area contributed by atoms with Gasteiger partial charge in [0.05, 0.1) is 0 Å². The van der Waals surface area contributed by atoms with Crippen LogP contribution in [-0.4, -0.2) is 16.1 Å². The Kier molecular flexibility index (Phi) is 6.86. The molecular formula is C23H31N2O2+. The molecular weight excluding hydrogens is 336 g/mol. The third-order valence-electron chi connectivity index (χ3n) is 5.54. The van der Waals surface area contributed by atoms with Crippen molar-refractivity contribution >= 4 is 27.8 Å². The number of carbonyl (C=O) groups is 1. The van der Waals surface area contributed by atoms with Crippen LogP contribution in [0.4, 0.5) is 0 Å². The lowest BCUT2D eigenvalue weighted by atomic mass is 10.0. The van der Waals surface area contributed by atoms with E-state index in [2.05, 4.69) is 59.2 Å². The number of rotatable bonds is 11. The van der Waals surface area contributed by atoms with Crippen LogP contribution in [0, 0.1) is 0 Å². The summed E-state index contributed by atoms with van der Waals surface area (Å²) in [6.07, 6.45) is 13.8. The molecule has 1 aromatic carbocycles. The zero-order chi connectivity index (χ0) is 19.1. The van der Waals surface area contributed by atoms with E-state index in [4.69, 9.17) is 5.11 Å². The summed E-state index contributed by atoms with van der Waals surface area (Å²) in [5.74, 6) is -0.676. The van der Waals surface area contributed by atoms with Crippen molar-refractivity contribution in [3.63, 3.8) is 0 Å². The topological polar surface area (TPSA) is 57.0 Å². The van der Waals surface area contributed by atoms with Crippen LogP contribution < -0.4 is 4.57 Å². The Hall–Kier alpha value is -2.36. The lowest BCUT2D eigenvalue weighted by Gasteiger charge is -2.10. The molecule has 144 valence electrons. The Morgan fingerprint density at radius 2 is 1.70 bits per heavy atom. The molecule has 1 unspecified atom stereocenters. The number of pyridine rings is 1. The molecule has 0 spiro atoms. The van der Waals surface area contributed by atoms with Gasteiger partial charge in [-0.15, -0.1) is 0 Å². The fourth-order valence-electron chi connectivity index (χ4n) is 3.97. The minimum atomic E-state index is -0.676. The molecule has 1 atom stereocenters. The Morgan fingerprint density at radius 1 is 1.00 bits per heavy atom. The van der Waals surface area contributed by atoms with Crippen molar-refractivity contribution in [2.75, 3.05) is 0 Å². The van der Waals surface area contributed by atoms with Gasteiger partial charge in [-0.05, 0) is 18.9 Å². The van der Waals surface area contributed by atoms with Gasteiger partial charge in [0.2, 0.25) is 0 Å². The molecule has 0 saturated heterocycles. The van der Waals surface area contributed by atoms with E-state index >= 15 is 0 Å². The number of hydrogen-bond acceptors (Lipinski definition) is 1. The maximum Gasteiger partial charge on any atom is 0.303 e. The molecule has 0 amide bonds. The zero-order valence-corrected chi connectivity index (χ0v) is 16.3. The van der Waals surface area contributed by atoms with E-state index in [1.165, 1.54) is 47.5 Å². The molecule has 2 N–H and O–H groups in total. The van der Waals surface area contributed by atoms with Crippen LogP contribution in [0.2, 0.25) is 0 Å². The molecule has 27 heavy (non-hydrogen) atoms. The van der Waals surface area contributed by atoms with E-state index in [1.54, 1.807) is 0 Å². The summed E-state index contributed by atoms with van der Waals surface area (Å²) in [6.45, 7) is 2.26. The molecule has 3 rings (SSSR count). The standard InChI is InChI=1S/C23H30N2O2/c1-2-18(11-7-5-3-4-6-8-14-23(26)27)25-16-15-20-19-12-9-10-13-21(19)24-22(20)17-25/h9-10,12-13,15-18H,2-8,11,14H2,1H3,(H,26,27)/p+1. The number of benzene rings is 1. The number of carboxylic acids is 1. The quantitative estimate of drug-likeness (QED) is 0.334. The molecule has 3 aromatic rings. The van der Waals surface area contributed by atoms with Crippen LogP contribution in [0.15, 0.2) is 42.7 Å². The number of para-hydroxylation sites is 1. The SMILES string of the molecule is CCC(CCCCCCCCC(=O)O)[n+]1ccc2c(c1)[nH]c1ccccc12. The molecule has 0 radical (unpaired) electrons. The second kappa shape index (κ2) is 9.54. The fraction of sp³-hybridized carbons (Fsp3) is 0.478. The van der Waals surface area contributed by atoms with Crippen molar-refractivity contribution in [3.05, 3.63) is 42.7 Å². The average Bonchev–Trinajstić information content (AvgIpc) is 3.04. The van der Waals surface area contributed by atoms with Gasteiger partial charge >= 0.3 is 5.97 Å². The van der Waals surface area contributed by atoms with E-state index < -0.39 is 5.97 Å². The average molecular weight is 368 g/mol. The maximum absolute atomic E-state index is 10.5. The monoisotopic (exact) mass is 367 g/mol. The number of nitrogens with zero attached hydrogens (tertiary/aromatic N) is 1. The smallest absolute Gasteiger partial charge is 0.303 e. The number of carboxylic acid groups (broad SMARTS) is 1. The zero-order valence-electron chi connectivity index (χ0n) is 16.3. The van der Waals surface area contributed by atoms with E-state index in [1.807, 2.05) is 0 Å². The first-order valence-corrected chi connectivity index (χ1v) is 10.3. The van der Waals surface area contributed by atoms with Crippen LogP contribution in [0.25, 0.3) is 21.8 Å². The highest BCUT2D eigenvalue weighted by Gasteiger charge is 2.17. The van der Waals surface area contributed by atoms with Crippen LogP contribution >= 0.6 is 0 Å². The molecule has 2 aromatic heterocycles. The Morgan fingerprint density at radius 3 is 2.48 bits per heavy atom. The molecule has 0 fully saturated rings. The maximum atomic E-state index is 10.5. The summed E-state index contributed by atoms with van der Waals surface area (Å²) >= 11 is 0.